The molecule has 0 atom stereocenters. The molecule has 1 heterocycles. The Hall–Kier alpha value is -0.580. The molecule has 0 saturated carbocycles. The minimum atomic E-state index is -0.479. The number of fused-ring (bicyclic) bond motifs is 1. The lowest BCUT2D eigenvalue weighted by atomic mass is 10.2. The van der Waals surface area contributed by atoms with Gasteiger partial charge in [-0.05, 0) is 18.2 Å². The van der Waals surface area contributed by atoms with E-state index in [0.717, 1.165) is 14.6 Å². The first kappa shape index (κ1) is 9.96. The minimum Gasteiger partial charge on any atom is -0.365 e. The third-order valence-electron chi connectivity index (χ3n) is 1.81. The Morgan fingerprint density at radius 1 is 1.50 bits per heavy atom. The Kier molecular flexibility index (Phi) is 2.51. The molecular formula is C9H5BrClNOS. The van der Waals surface area contributed by atoms with Crippen LogP contribution in [0, 0.1) is 0 Å². The van der Waals surface area contributed by atoms with Crippen LogP contribution in [0.1, 0.15) is 9.67 Å². The van der Waals surface area contributed by atoms with Crippen LogP contribution in [0.25, 0.3) is 10.1 Å². The highest BCUT2D eigenvalue weighted by atomic mass is 79.9. The summed E-state index contributed by atoms with van der Waals surface area (Å²) >= 11 is 10.7. The molecule has 0 aliphatic carbocycles. The van der Waals surface area contributed by atoms with Crippen LogP contribution in [0.15, 0.2) is 22.7 Å². The zero-order valence-electron chi connectivity index (χ0n) is 6.88. The predicted molar refractivity (Wildman–Crippen MR) is 63.1 cm³/mol. The molecule has 2 rings (SSSR count). The van der Waals surface area contributed by atoms with Crippen molar-refractivity contribution in [2.45, 2.75) is 0 Å². The largest absolute Gasteiger partial charge is 0.365 e. The summed E-state index contributed by atoms with van der Waals surface area (Å²) in [6, 6.07) is 5.68. The van der Waals surface area contributed by atoms with Gasteiger partial charge >= 0.3 is 0 Å². The minimum absolute atomic E-state index is 0.416. The molecule has 1 aromatic carbocycles. The standard InChI is InChI=1S/C9H5BrClNOS/c10-4-1-2-6-5(3-4)7(11)8(14-6)9(12)13/h1-3H,(H2,12,13). The fourth-order valence-corrected chi connectivity index (χ4v) is 2.91. The second kappa shape index (κ2) is 3.53. The van der Waals surface area contributed by atoms with E-state index in [1.165, 1.54) is 11.3 Å². The molecule has 0 aliphatic heterocycles. The summed E-state index contributed by atoms with van der Waals surface area (Å²) in [5.74, 6) is -0.479. The van der Waals surface area contributed by atoms with Crippen molar-refractivity contribution in [1.29, 1.82) is 0 Å². The number of hydrogen-bond donors (Lipinski definition) is 1. The van der Waals surface area contributed by atoms with Gasteiger partial charge < -0.3 is 5.73 Å². The van der Waals surface area contributed by atoms with Crippen LogP contribution in [0.2, 0.25) is 5.02 Å². The topological polar surface area (TPSA) is 43.1 Å². The lowest BCUT2D eigenvalue weighted by Gasteiger charge is -1.91. The van der Waals surface area contributed by atoms with Gasteiger partial charge in [-0.1, -0.05) is 27.5 Å². The first-order valence-electron chi connectivity index (χ1n) is 3.77. The summed E-state index contributed by atoms with van der Waals surface area (Å²) in [5.41, 5.74) is 5.19. The zero-order chi connectivity index (χ0) is 10.3. The Morgan fingerprint density at radius 3 is 2.86 bits per heavy atom. The average molecular weight is 291 g/mol. The maximum atomic E-state index is 11.0. The highest BCUT2D eigenvalue weighted by Crippen LogP contribution is 2.36. The number of amides is 1. The van der Waals surface area contributed by atoms with Crippen molar-refractivity contribution in [3.63, 3.8) is 0 Å². The van der Waals surface area contributed by atoms with Crippen molar-refractivity contribution in [3.05, 3.63) is 32.6 Å². The Bertz CT molecular complexity index is 523. The fraction of sp³-hybridized carbons (Fsp3) is 0. The van der Waals surface area contributed by atoms with Crippen LogP contribution in [-0.4, -0.2) is 5.91 Å². The normalized spacial score (nSPS) is 10.7. The van der Waals surface area contributed by atoms with Gasteiger partial charge in [0.25, 0.3) is 5.91 Å². The molecule has 0 unspecified atom stereocenters. The predicted octanol–water partition coefficient (Wildman–Crippen LogP) is 3.42. The molecule has 0 saturated heterocycles. The number of hydrogen-bond acceptors (Lipinski definition) is 2. The number of nitrogens with two attached hydrogens (primary N) is 1. The molecule has 5 heteroatoms. The average Bonchev–Trinajstić information content (AvgIpc) is 2.44. The summed E-state index contributed by atoms with van der Waals surface area (Å²) in [5, 5.41) is 1.30. The molecule has 2 aromatic rings. The van der Waals surface area contributed by atoms with Gasteiger partial charge in [0.05, 0.1) is 5.02 Å². The van der Waals surface area contributed by atoms with Crippen LogP contribution in [0.5, 0.6) is 0 Å². The molecule has 0 fully saturated rings. The van der Waals surface area contributed by atoms with Crippen LogP contribution >= 0.6 is 38.9 Å². The first-order chi connectivity index (χ1) is 6.59. The van der Waals surface area contributed by atoms with Crippen molar-refractivity contribution in [2.24, 2.45) is 5.73 Å². The lowest BCUT2D eigenvalue weighted by molar-refractivity contribution is 0.100. The summed E-state index contributed by atoms with van der Waals surface area (Å²) in [6.45, 7) is 0. The summed E-state index contributed by atoms with van der Waals surface area (Å²) < 4.78 is 1.90. The molecule has 1 aromatic heterocycles. The third kappa shape index (κ3) is 1.54. The lowest BCUT2D eigenvalue weighted by Crippen LogP contribution is -2.08. The maximum absolute atomic E-state index is 11.0. The Balaban J connectivity index is 2.80. The van der Waals surface area contributed by atoms with E-state index in [9.17, 15) is 4.79 Å². The molecule has 1 amide bonds. The smallest absolute Gasteiger partial charge is 0.260 e. The van der Waals surface area contributed by atoms with Crippen LogP contribution in [0.3, 0.4) is 0 Å². The molecule has 0 radical (unpaired) electrons. The van der Waals surface area contributed by atoms with Crippen molar-refractivity contribution >= 4 is 54.9 Å². The first-order valence-corrected chi connectivity index (χ1v) is 5.75. The monoisotopic (exact) mass is 289 g/mol. The molecule has 2 nitrogen and oxygen atoms in total. The van der Waals surface area contributed by atoms with Gasteiger partial charge in [0.15, 0.2) is 0 Å². The number of primary amides is 1. The van der Waals surface area contributed by atoms with E-state index in [1.807, 2.05) is 18.2 Å². The molecular weight excluding hydrogens is 286 g/mol. The molecule has 72 valence electrons. The molecule has 2 N–H and O–H groups in total. The van der Waals surface area contributed by atoms with Crippen molar-refractivity contribution in [1.82, 2.24) is 0 Å². The Morgan fingerprint density at radius 2 is 2.21 bits per heavy atom. The number of halogens is 2. The zero-order valence-corrected chi connectivity index (χ0v) is 10.0. The van der Waals surface area contributed by atoms with Crippen LogP contribution in [-0.2, 0) is 0 Å². The van der Waals surface area contributed by atoms with Crippen LogP contribution in [0.4, 0.5) is 0 Å². The maximum Gasteiger partial charge on any atom is 0.260 e. The number of carbonyl (C=O) groups excluding carboxylic acids is 1. The van der Waals surface area contributed by atoms with Gasteiger partial charge in [-0.3, -0.25) is 4.79 Å². The number of thiophene rings is 1. The second-order valence-electron chi connectivity index (χ2n) is 2.75. The summed E-state index contributed by atoms with van der Waals surface area (Å²) in [4.78, 5) is 11.4. The van der Waals surface area contributed by atoms with Gasteiger partial charge in [-0.15, -0.1) is 11.3 Å². The molecule has 0 bridgehead atoms. The van der Waals surface area contributed by atoms with E-state index >= 15 is 0 Å². The van der Waals surface area contributed by atoms with Crippen LogP contribution < -0.4 is 5.73 Å². The highest BCUT2D eigenvalue weighted by Gasteiger charge is 2.14. The molecule has 0 aliphatic rings. The van der Waals surface area contributed by atoms with E-state index in [1.54, 1.807) is 0 Å². The second-order valence-corrected chi connectivity index (χ2v) is 5.10. The van der Waals surface area contributed by atoms with E-state index in [0.29, 0.717) is 9.90 Å². The van der Waals surface area contributed by atoms with E-state index < -0.39 is 5.91 Å². The van der Waals surface area contributed by atoms with Gasteiger partial charge in [0.2, 0.25) is 0 Å². The van der Waals surface area contributed by atoms with Crippen molar-refractivity contribution < 1.29 is 4.79 Å². The van der Waals surface area contributed by atoms with E-state index in [-0.39, 0.29) is 0 Å². The van der Waals surface area contributed by atoms with Gasteiger partial charge in [-0.2, -0.15) is 0 Å². The third-order valence-corrected chi connectivity index (χ3v) is 4.00. The molecule has 0 spiro atoms. The fourth-order valence-electron chi connectivity index (χ4n) is 1.20. The van der Waals surface area contributed by atoms with Gasteiger partial charge in [-0.25, -0.2) is 0 Å². The quantitative estimate of drug-likeness (QED) is 0.859. The van der Waals surface area contributed by atoms with Gasteiger partial charge in [0.1, 0.15) is 4.88 Å². The summed E-state index contributed by atoms with van der Waals surface area (Å²) in [6.07, 6.45) is 0. The van der Waals surface area contributed by atoms with Crippen molar-refractivity contribution in [3.8, 4) is 0 Å². The van der Waals surface area contributed by atoms with E-state index in [4.69, 9.17) is 17.3 Å². The van der Waals surface area contributed by atoms with Gasteiger partial charge in [0, 0.05) is 14.6 Å². The SMILES string of the molecule is NC(=O)c1sc2ccc(Br)cc2c1Cl. The summed E-state index contributed by atoms with van der Waals surface area (Å²) in [7, 11) is 0. The highest BCUT2D eigenvalue weighted by molar-refractivity contribution is 9.10. The number of carbonyl (C=O) groups is 1. The van der Waals surface area contributed by atoms with Crippen molar-refractivity contribution in [2.75, 3.05) is 0 Å². The number of benzene rings is 1. The van der Waals surface area contributed by atoms with E-state index in [2.05, 4.69) is 15.9 Å². The number of rotatable bonds is 1. The molecule has 14 heavy (non-hydrogen) atoms. The Labute approximate surface area is 97.8 Å².